The number of halogens is 3. The van der Waals surface area contributed by atoms with Crippen LogP contribution in [0.25, 0.3) is 0 Å². The highest BCUT2D eigenvalue weighted by atomic mass is 32.2. The Bertz CT molecular complexity index is 547. The highest BCUT2D eigenvalue weighted by molar-refractivity contribution is 7.86. The van der Waals surface area contributed by atoms with E-state index in [2.05, 4.69) is 5.32 Å². The molecule has 0 bridgehead atoms. The molecule has 1 rings (SSSR count). The van der Waals surface area contributed by atoms with Gasteiger partial charge in [-0.05, 0) is 31.5 Å². The van der Waals surface area contributed by atoms with Crippen LogP contribution in [-0.4, -0.2) is 21.9 Å². The number of nitrogen functional groups attached to an aromatic ring is 1. The van der Waals surface area contributed by atoms with Crippen molar-refractivity contribution >= 4 is 22.4 Å². The number of benzene rings is 1. The van der Waals surface area contributed by atoms with E-state index in [1.54, 1.807) is 6.92 Å². The van der Waals surface area contributed by atoms with Gasteiger partial charge in [-0.15, -0.1) is 0 Å². The Morgan fingerprint density at radius 3 is 2.52 bits per heavy atom. The van der Waals surface area contributed by atoms with E-state index in [0.717, 1.165) is 24.6 Å². The normalized spacial score (nSPS) is 14.5. The Morgan fingerprint density at radius 2 is 2.05 bits per heavy atom. The average molecular weight is 322 g/mol. The zero-order valence-electron chi connectivity index (χ0n) is 11.7. The second-order valence-corrected chi connectivity index (χ2v) is 6.04. The summed E-state index contributed by atoms with van der Waals surface area (Å²) >= 11 is 0. The SMILES string of the molecule is CCC(C)NC(=O)CS(=O)c1ccc(C(F)(F)F)cc1N. The summed E-state index contributed by atoms with van der Waals surface area (Å²) in [6.45, 7) is 3.68. The molecule has 2 unspecified atom stereocenters. The minimum atomic E-state index is -4.51. The molecule has 0 aromatic heterocycles. The third-order valence-corrected chi connectivity index (χ3v) is 4.25. The minimum Gasteiger partial charge on any atom is -0.398 e. The lowest BCUT2D eigenvalue weighted by Crippen LogP contribution is -2.35. The molecule has 0 aliphatic carbocycles. The molecule has 8 heteroatoms. The van der Waals surface area contributed by atoms with Crippen molar-refractivity contribution < 1.29 is 22.2 Å². The first-order chi connectivity index (χ1) is 9.65. The maximum absolute atomic E-state index is 12.5. The third kappa shape index (κ3) is 5.04. The van der Waals surface area contributed by atoms with Crippen LogP contribution in [0.4, 0.5) is 18.9 Å². The van der Waals surface area contributed by atoms with Crippen molar-refractivity contribution in [2.45, 2.75) is 37.4 Å². The molecule has 0 heterocycles. The maximum Gasteiger partial charge on any atom is 0.416 e. The number of alkyl halides is 3. The lowest BCUT2D eigenvalue weighted by Gasteiger charge is -2.13. The molecule has 0 fully saturated rings. The number of nitrogens with one attached hydrogen (secondary N) is 1. The van der Waals surface area contributed by atoms with Crippen LogP contribution in [0.5, 0.6) is 0 Å². The summed E-state index contributed by atoms with van der Waals surface area (Å²) in [6, 6.07) is 2.51. The summed E-state index contributed by atoms with van der Waals surface area (Å²) in [6.07, 6.45) is -3.79. The van der Waals surface area contributed by atoms with Gasteiger partial charge in [0.2, 0.25) is 5.91 Å². The Morgan fingerprint density at radius 1 is 1.43 bits per heavy atom. The molecule has 0 aliphatic heterocycles. The fourth-order valence-electron chi connectivity index (χ4n) is 1.55. The van der Waals surface area contributed by atoms with Crippen molar-refractivity contribution in [3.05, 3.63) is 23.8 Å². The van der Waals surface area contributed by atoms with Gasteiger partial charge in [-0.1, -0.05) is 6.92 Å². The van der Waals surface area contributed by atoms with Crippen molar-refractivity contribution in [3.8, 4) is 0 Å². The Kier molecular flexibility index (Phi) is 5.77. The lowest BCUT2D eigenvalue weighted by atomic mass is 10.2. The van der Waals surface area contributed by atoms with Crippen molar-refractivity contribution in [3.63, 3.8) is 0 Å². The number of anilines is 1. The molecule has 118 valence electrons. The molecule has 21 heavy (non-hydrogen) atoms. The monoisotopic (exact) mass is 322 g/mol. The van der Waals surface area contributed by atoms with E-state index in [4.69, 9.17) is 5.73 Å². The molecule has 0 saturated heterocycles. The number of hydrogen-bond donors (Lipinski definition) is 2. The van der Waals surface area contributed by atoms with Crippen LogP contribution in [0, 0.1) is 0 Å². The molecule has 4 nitrogen and oxygen atoms in total. The number of nitrogens with two attached hydrogens (primary N) is 1. The smallest absolute Gasteiger partial charge is 0.398 e. The van der Waals surface area contributed by atoms with E-state index in [9.17, 15) is 22.2 Å². The zero-order chi connectivity index (χ0) is 16.2. The molecule has 0 spiro atoms. The largest absolute Gasteiger partial charge is 0.416 e. The molecule has 1 amide bonds. The van der Waals surface area contributed by atoms with E-state index < -0.39 is 28.4 Å². The van der Waals surface area contributed by atoms with Crippen LogP contribution in [0.1, 0.15) is 25.8 Å². The predicted molar refractivity (Wildman–Crippen MR) is 75.0 cm³/mol. The van der Waals surface area contributed by atoms with Gasteiger partial charge in [0.05, 0.1) is 21.3 Å². The van der Waals surface area contributed by atoms with E-state index in [0.29, 0.717) is 0 Å². The van der Waals surface area contributed by atoms with Gasteiger partial charge in [0.25, 0.3) is 0 Å². The molecule has 3 N–H and O–H groups in total. The van der Waals surface area contributed by atoms with Gasteiger partial charge >= 0.3 is 6.18 Å². The number of amides is 1. The summed E-state index contributed by atoms with van der Waals surface area (Å²) in [7, 11) is -1.78. The maximum atomic E-state index is 12.5. The topological polar surface area (TPSA) is 72.2 Å². The Hall–Kier alpha value is -1.57. The van der Waals surface area contributed by atoms with E-state index in [-0.39, 0.29) is 22.4 Å². The standard InChI is InChI=1S/C13H17F3N2O2S/c1-3-8(2)18-12(19)7-21(20)11-5-4-9(6-10(11)17)13(14,15)16/h4-6,8H,3,7,17H2,1-2H3,(H,18,19). The third-order valence-electron chi connectivity index (χ3n) is 2.86. The first-order valence-corrected chi connectivity index (χ1v) is 7.61. The average Bonchev–Trinajstić information content (AvgIpc) is 2.36. The van der Waals surface area contributed by atoms with Crippen LogP contribution in [-0.2, 0) is 21.8 Å². The van der Waals surface area contributed by atoms with Crippen LogP contribution in [0.2, 0.25) is 0 Å². The van der Waals surface area contributed by atoms with Crippen molar-refractivity contribution in [2.24, 2.45) is 0 Å². The van der Waals surface area contributed by atoms with Gasteiger partial charge in [0, 0.05) is 11.7 Å². The summed E-state index contributed by atoms with van der Waals surface area (Å²) in [4.78, 5) is 11.6. The second-order valence-electron chi connectivity index (χ2n) is 4.62. The second kappa shape index (κ2) is 6.93. The number of carbonyl (C=O) groups is 1. The highest BCUT2D eigenvalue weighted by Gasteiger charge is 2.31. The number of carbonyl (C=O) groups excluding carboxylic acids is 1. The predicted octanol–water partition coefficient (Wildman–Crippen LogP) is 2.31. The van der Waals surface area contributed by atoms with Gasteiger partial charge in [-0.2, -0.15) is 13.2 Å². The van der Waals surface area contributed by atoms with E-state index in [1.165, 1.54) is 0 Å². The fourth-order valence-corrected chi connectivity index (χ4v) is 2.57. The van der Waals surface area contributed by atoms with Crippen molar-refractivity contribution in [1.82, 2.24) is 5.32 Å². The van der Waals surface area contributed by atoms with E-state index in [1.807, 2.05) is 6.92 Å². The molecule has 0 radical (unpaired) electrons. The van der Waals surface area contributed by atoms with Gasteiger partial charge < -0.3 is 11.1 Å². The van der Waals surface area contributed by atoms with Gasteiger partial charge in [-0.3, -0.25) is 9.00 Å². The Balaban J connectivity index is 2.82. The molecular formula is C13H17F3N2O2S. The quantitative estimate of drug-likeness (QED) is 0.817. The first kappa shape index (κ1) is 17.5. The first-order valence-electron chi connectivity index (χ1n) is 6.29. The lowest BCUT2D eigenvalue weighted by molar-refractivity contribution is -0.137. The van der Waals surface area contributed by atoms with Crippen LogP contribution >= 0.6 is 0 Å². The molecule has 2 atom stereocenters. The zero-order valence-corrected chi connectivity index (χ0v) is 12.5. The minimum absolute atomic E-state index is 0.0299. The summed E-state index contributed by atoms with van der Waals surface area (Å²) < 4.78 is 49.5. The summed E-state index contributed by atoms with van der Waals surface area (Å²) in [5, 5.41) is 2.63. The summed E-state index contributed by atoms with van der Waals surface area (Å²) in [5.74, 6) is -0.762. The molecule has 1 aromatic carbocycles. The molecular weight excluding hydrogens is 305 g/mol. The van der Waals surface area contributed by atoms with Crippen molar-refractivity contribution in [1.29, 1.82) is 0 Å². The number of hydrogen-bond acceptors (Lipinski definition) is 3. The van der Waals surface area contributed by atoms with Crippen molar-refractivity contribution in [2.75, 3.05) is 11.5 Å². The number of rotatable bonds is 5. The molecule has 1 aromatic rings. The highest BCUT2D eigenvalue weighted by Crippen LogP contribution is 2.32. The van der Waals surface area contributed by atoms with Gasteiger partial charge in [0.15, 0.2) is 0 Å². The fraction of sp³-hybridized carbons (Fsp3) is 0.462. The van der Waals surface area contributed by atoms with Gasteiger partial charge in [-0.25, -0.2) is 0 Å². The summed E-state index contributed by atoms with van der Waals surface area (Å²) in [5.41, 5.74) is 4.35. The van der Waals surface area contributed by atoms with Gasteiger partial charge in [0.1, 0.15) is 5.75 Å². The van der Waals surface area contributed by atoms with Crippen LogP contribution in [0.3, 0.4) is 0 Å². The van der Waals surface area contributed by atoms with Crippen LogP contribution < -0.4 is 11.1 Å². The molecule has 0 aliphatic rings. The van der Waals surface area contributed by atoms with Crippen LogP contribution in [0.15, 0.2) is 23.1 Å². The Labute approximate surface area is 123 Å². The van der Waals surface area contributed by atoms with E-state index >= 15 is 0 Å². The molecule has 0 saturated carbocycles.